The largest absolute Gasteiger partial charge is 0.325 e. The summed E-state index contributed by atoms with van der Waals surface area (Å²) < 4.78 is 1.52. The lowest BCUT2D eigenvalue weighted by Crippen LogP contribution is -2.15. The molecule has 25 heavy (non-hydrogen) atoms. The third-order valence-corrected chi connectivity index (χ3v) is 5.42. The molecule has 0 radical (unpaired) electrons. The molecule has 2 aromatic heterocycles. The molecule has 0 atom stereocenters. The molecule has 0 aliphatic heterocycles. The molecule has 0 aliphatic carbocycles. The van der Waals surface area contributed by atoms with Crippen molar-refractivity contribution in [2.24, 2.45) is 0 Å². The number of rotatable bonds is 6. The molecule has 130 valence electrons. The van der Waals surface area contributed by atoms with E-state index in [4.69, 9.17) is 0 Å². The Kier molecular flexibility index (Phi) is 5.55. The highest BCUT2D eigenvalue weighted by atomic mass is 32.2. The van der Waals surface area contributed by atoms with E-state index in [9.17, 15) is 9.59 Å². The zero-order chi connectivity index (χ0) is 17.8. The van der Waals surface area contributed by atoms with E-state index in [0.29, 0.717) is 28.1 Å². The maximum atomic E-state index is 12.0. The molecule has 0 aliphatic rings. The van der Waals surface area contributed by atoms with Gasteiger partial charge >= 0.3 is 0 Å². The number of nitrogens with one attached hydrogen (secondary N) is 1. The van der Waals surface area contributed by atoms with Gasteiger partial charge < -0.3 is 5.32 Å². The van der Waals surface area contributed by atoms with Crippen molar-refractivity contribution in [1.82, 2.24) is 9.38 Å². The Labute approximate surface area is 154 Å². The van der Waals surface area contributed by atoms with Gasteiger partial charge in [-0.05, 0) is 23.6 Å². The second-order valence-corrected chi connectivity index (χ2v) is 7.82. The number of carbonyl (C=O) groups excluding carboxylic acids is 1. The molecule has 0 fully saturated rings. The number of anilines is 1. The Morgan fingerprint density at radius 1 is 1.32 bits per heavy atom. The summed E-state index contributed by atoms with van der Waals surface area (Å²) in [7, 11) is 0. The van der Waals surface area contributed by atoms with E-state index in [-0.39, 0.29) is 11.5 Å². The number of hydrogen-bond acceptors (Lipinski definition) is 5. The van der Waals surface area contributed by atoms with Crippen LogP contribution in [0.5, 0.6) is 0 Å². The molecule has 2 heterocycles. The lowest BCUT2D eigenvalue weighted by Gasteiger charge is -2.08. The van der Waals surface area contributed by atoms with Crippen LogP contribution in [0.15, 0.2) is 46.7 Å². The molecule has 0 saturated carbocycles. The molecule has 0 bridgehead atoms. The van der Waals surface area contributed by atoms with Crippen molar-refractivity contribution in [3.63, 3.8) is 0 Å². The third kappa shape index (κ3) is 4.49. The second kappa shape index (κ2) is 7.84. The normalized spacial score (nSPS) is 11.2. The van der Waals surface area contributed by atoms with E-state index in [2.05, 4.69) is 24.1 Å². The predicted molar refractivity (Wildman–Crippen MR) is 105 cm³/mol. The summed E-state index contributed by atoms with van der Waals surface area (Å²) >= 11 is 2.87. The van der Waals surface area contributed by atoms with Crippen LogP contribution in [0, 0.1) is 0 Å². The van der Waals surface area contributed by atoms with Crippen molar-refractivity contribution in [2.75, 3.05) is 11.1 Å². The van der Waals surface area contributed by atoms with Crippen molar-refractivity contribution in [1.29, 1.82) is 0 Å². The smallest absolute Gasteiger partial charge is 0.258 e. The highest BCUT2D eigenvalue weighted by Crippen LogP contribution is 2.18. The SMILES string of the molecule is CC(C)c1ccc(NC(=O)CSCc2cc(=O)n3ccsc3n2)cc1. The van der Waals surface area contributed by atoms with Gasteiger partial charge in [-0.2, -0.15) is 0 Å². The van der Waals surface area contributed by atoms with Gasteiger partial charge in [0, 0.05) is 29.1 Å². The van der Waals surface area contributed by atoms with Crippen molar-refractivity contribution < 1.29 is 4.79 Å². The van der Waals surface area contributed by atoms with Gasteiger partial charge in [0.2, 0.25) is 5.91 Å². The van der Waals surface area contributed by atoms with E-state index in [1.54, 1.807) is 6.20 Å². The summed E-state index contributed by atoms with van der Waals surface area (Å²) in [6.07, 6.45) is 1.71. The third-order valence-electron chi connectivity index (χ3n) is 3.70. The number of hydrogen-bond donors (Lipinski definition) is 1. The van der Waals surface area contributed by atoms with Crippen LogP contribution in [0.3, 0.4) is 0 Å². The van der Waals surface area contributed by atoms with Crippen molar-refractivity contribution in [3.8, 4) is 0 Å². The summed E-state index contributed by atoms with van der Waals surface area (Å²) in [5, 5.41) is 4.72. The van der Waals surface area contributed by atoms with Gasteiger partial charge in [0.1, 0.15) is 0 Å². The maximum Gasteiger partial charge on any atom is 0.258 e. The fourth-order valence-electron chi connectivity index (χ4n) is 2.36. The number of aromatic nitrogens is 2. The highest BCUT2D eigenvalue weighted by Gasteiger charge is 2.07. The lowest BCUT2D eigenvalue weighted by molar-refractivity contribution is -0.113. The molecule has 0 saturated heterocycles. The van der Waals surface area contributed by atoms with Crippen LogP contribution >= 0.6 is 23.1 Å². The number of fused-ring (bicyclic) bond motifs is 1. The van der Waals surface area contributed by atoms with Crippen LogP contribution in [0.25, 0.3) is 4.96 Å². The Bertz CT molecular complexity index is 929. The molecule has 5 nitrogen and oxygen atoms in total. The zero-order valence-corrected chi connectivity index (χ0v) is 15.7. The molecule has 1 N–H and O–H groups in total. The topological polar surface area (TPSA) is 63.5 Å². The summed E-state index contributed by atoms with van der Waals surface area (Å²) in [6.45, 7) is 4.27. The van der Waals surface area contributed by atoms with Crippen LogP contribution in [0.4, 0.5) is 5.69 Å². The number of thiazole rings is 1. The Morgan fingerprint density at radius 2 is 2.08 bits per heavy atom. The number of amides is 1. The first kappa shape index (κ1) is 17.7. The fourth-order valence-corrected chi connectivity index (χ4v) is 3.81. The minimum atomic E-state index is -0.0865. The van der Waals surface area contributed by atoms with Crippen LogP contribution in [-0.4, -0.2) is 21.0 Å². The van der Waals surface area contributed by atoms with Gasteiger partial charge in [0.25, 0.3) is 5.56 Å². The monoisotopic (exact) mass is 373 g/mol. The number of nitrogens with zero attached hydrogens (tertiary/aromatic N) is 2. The Morgan fingerprint density at radius 3 is 2.80 bits per heavy atom. The molecular formula is C18H19N3O2S2. The van der Waals surface area contributed by atoms with Crippen LogP contribution < -0.4 is 10.9 Å². The van der Waals surface area contributed by atoms with Gasteiger partial charge in [-0.1, -0.05) is 26.0 Å². The minimum absolute atomic E-state index is 0.0591. The first-order chi connectivity index (χ1) is 12.0. The summed E-state index contributed by atoms with van der Waals surface area (Å²) in [4.78, 5) is 29.1. The molecule has 3 rings (SSSR count). The van der Waals surface area contributed by atoms with Crippen molar-refractivity contribution in [2.45, 2.75) is 25.5 Å². The number of carbonyl (C=O) groups is 1. The van der Waals surface area contributed by atoms with Gasteiger partial charge in [0.15, 0.2) is 4.96 Å². The molecule has 0 spiro atoms. The first-order valence-electron chi connectivity index (χ1n) is 7.96. The average molecular weight is 374 g/mol. The quantitative estimate of drug-likeness (QED) is 0.715. The standard InChI is InChI=1S/C18H19N3O2S2/c1-12(2)13-3-5-14(6-4-13)19-16(22)11-24-10-15-9-17(23)21-7-8-25-18(21)20-15/h3-9,12H,10-11H2,1-2H3,(H,19,22). The molecule has 7 heteroatoms. The fraction of sp³-hybridized carbons (Fsp3) is 0.278. The van der Waals surface area contributed by atoms with E-state index < -0.39 is 0 Å². The Balaban J connectivity index is 1.52. The molecular weight excluding hydrogens is 354 g/mol. The predicted octanol–water partition coefficient (Wildman–Crippen LogP) is 3.75. The van der Waals surface area contributed by atoms with E-state index in [0.717, 1.165) is 5.69 Å². The number of benzene rings is 1. The van der Waals surface area contributed by atoms with Gasteiger partial charge in [-0.3, -0.25) is 14.0 Å². The molecule has 1 aromatic carbocycles. The molecule has 0 unspecified atom stereocenters. The van der Waals surface area contributed by atoms with Crippen molar-refractivity contribution >= 4 is 39.7 Å². The summed E-state index contributed by atoms with van der Waals surface area (Å²) in [5.74, 6) is 1.26. The van der Waals surface area contributed by atoms with Gasteiger partial charge in [-0.25, -0.2) is 4.98 Å². The Hall–Kier alpha value is -2.12. The highest BCUT2D eigenvalue weighted by molar-refractivity contribution is 7.99. The van der Waals surface area contributed by atoms with E-state index in [1.807, 2.05) is 29.6 Å². The first-order valence-corrected chi connectivity index (χ1v) is 9.99. The number of thioether (sulfide) groups is 1. The lowest BCUT2D eigenvalue weighted by atomic mass is 10.0. The summed E-state index contributed by atoms with van der Waals surface area (Å²) in [6, 6.07) is 9.42. The van der Waals surface area contributed by atoms with Gasteiger partial charge in [0.05, 0.1) is 11.4 Å². The van der Waals surface area contributed by atoms with Gasteiger partial charge in [-0.15, -0.1) is 23.1 Å². The molecule has 1 amide bonds. The second-order valence-electron chi connectivity index (χ2n) is 5.96. The zero-order valence-electron chi connectivity index (χ0n) is 14.1. The summed E-state index contributed by atoms with van der Waals surface area (Å²) in [5.41, 5.74) is 2.66. The van der Waals surface area contributed by atoms with Crippen LogP contribution in [-0.2, 0) is 10.5 Å². The van der Waals surface area contributed by atoms with Crippen molar-refractivity contribution in [3.05, 3.63) is 63.5 Å². The van der Waals surface area contributed by atoms with E-state index in [1.165, 1.54) is 39.1 Å². The van der Waals surface area contributed by atoms with Crippen LogP contribution in [0.1, 0.15) is 31.0 Å². The molecule has 3 aromatic rings. The van der Waals surface area contributed by atoms with E-state index >= 15 is 0 Å². The van der Waals surface area contributed by atoms with Crippen LogP contribution in [0.2, 0.25) is 0 Å². The average Bonchev–Trinajstić information content (AvgIpc) is 3.04. The minimum Gasteiger partial charge on any atom is -0.325 e. The maximum absolute atomic E-state index is 12.0.